The number of likely N-dealkylation sites (tertiary alicyclic amines) is 1. The largest absolute Gasteiger partial charge is 0.341 e. The number of nitrogens with one attached hydrogen (secondary N) is 1. The van der Waals surface area contributed by atoms with Crippen LogP contribution < -0.4 is 5.32 Å². The van der Waals surface area contributed by atoms with Gasteiger partial charge in [-0.05, 0) is 30.7 Å². The first-order valence-corrected chi connectivity index (χ1v) is 10.4. The van der Waals surface area contributed by atoms with Crippen LogP contribution in [0, 0.1) is 11.8 Å². The van der Waals surface area contributed by atoms with Crippen molar-refractivity contribution in [1.29, 1.82) is 0 Å². The van der Waals surface area contributed by atoms with Crippen molar-refractivity contribution in [3.05, 3.63) is 35.4 Å². The van der Waals surface area contributed by atoms with Gasteiger partial charge in [0.25, 0.3) is 0 Å². The normalized spacial score (nSPS) is 20.9. The lowest BCUT2D eigenvalue weighted by Gasteiger charge is -2.33. The molecule has 0 saturated carbocycles. The molecule has 1 aromatic rings. The third-order valence-electron chi connectivity index (χ3n) is 5.07. The SMILES string of the molecule is CC(C)Cc1ccc(C(=O)C2CCN(C(=O)C3CSCN3)CC2)cc1.Cl. The molecule has 2 saturated heterocycles. The smallest absolute Gasteiger partial charge is 0.240 e. The molecule has 2 fully saturated rings. The van der Waals surface area contributed by atoms with E-state index in [0.29, 0.717) is 19.0 Å². The first-order chi connectivity index (χ1) is 12.0. The van der Waals surface area contributed by atoms with E-state index in [0.717, 1.165) is 36.5 Å². The first kappa shape index (κ1) is 21.3. The van der Waals surface area contributed by atoms with E-state index in [2.05, 4.69) is 31.3 Å². The minimum Gasteiger partial charge on any atom is -0.341 e. The molecule has 0 aliphatic carbocycles. The Bertz CT molecular complexity index is 607. The predicted octanol–water partition coefficient (Wildman–Crippen LogP) is 3.39. The molecule has 4 nitrogen and oxygen atoms in total. The molecule has 1 amide bonds. The zero-order valence-corrected chi connectivity index (χ0v) is 17.2. The highest BCUT2D eigenvalue weighted by Crippen LogP contribution is 2.24. The van der Waals surface area contributed by atoms with Crippen LogP contribution in [-0.2, 0) is 11.2 Å². The second kappa shape index (κ2) is 9.77. The van der Waals surface area contributed by atoms with Crippen LogP contribution in [-0.4, -0.2) is 47.4 Å². The first-order valence-electron chi connectivity index (χ1n) is 9.27. The van der Waals surface area contributed by atoms with Gasteiger partial charge in [-0.2, -0.15) is 0 Å². The van der Waals surface area contributed by atoms with Gasteiger partial charge in [-0.3, -0.25) is 14.9 Å². The quantitative estimate of drug-likeness (QED) is 0.775. The standard InChI is InChI=1S/C20H28N2O2S.ClH/c1-14(2)11-15-3-5-16(6-4-15)19(23)17-7-9-22(10-8-17)20(24)18-12-25-13-21-18;/h3-6,14,17-18,21H,7-13H2,1-2H3;1H. The van der Waals surface area contributed by atoms with Crippen molar-refractivity contribution in [3.8, 4) is 0 Å². The zero-order valence-electron chi connectivity index (χ0n) is 15.6. The minimum absolute atomic E-state index is 0. The molecule has 144 valence electrons. The molecule has 26 heavy (non-hydrogen) atoms. The molecule has 2 heterocycles. The number of benzene rings is 1. The molecule has 1 aromatic carbocycles. The summed E-state index contributed by atoms with van der Waals surface area (Å²) in [5.74, 6) is 2.83. The second-order valence-corrected chi connectivity index (χ2v) is 8.56. The van der Waals surface area contributed by atoms with E-state index in [-0.39, 0.29) is 36.1 Å². The summed E-state index contributed by atoms with van der Waals surface area (Å²) < 4.78 is 0. The van der Waals surface area contributed by atoms with Crippen LogP contribution in [0.5, 0.6) is 0 Å². The van der Waals surface area contributed by atoms with Crippen molar-refractivity contribution in [2.45, 2.75) is 39.2 Å². The van der Waals surface area contributed by atoms with E-state index < -0.39 is 0 Å². The Morgan fingerprint density at radius 1 is 1.19 bits per heavy atom. The Kier molecular flexibility index (Phi) is 7.99. The van der Waals surface area contributed by atoms with Crippen LogP contribution in [0.15, 0.2) is 24.3 Å². The monoisotopic (exact) mass is 396 g/mol. The number of nitrogens with zero attached hydrogens (tertiary/aromatic N) is 1. The minimum atomic E-state index is -0.0363. The van der Waals surface area contributed by atoms with Crippen molar-refractivity contribution in [3.63, 3.8) is 0 Å². The van der Waals surface area contributed by atoms with Gasteiger partial charge in [-0.1, -0.05) is 38.1 Å². The highest BCUT2D eigenvalue weighted by molar-refractivity contribution is 7.99. The maximum atomic E-state index is 12.7. The lowest BCUT2D eigenvalue weighted by molar-refractivity contribution is -0.133. The average molecular weight is 397 g/mol. The molecule has 1 unspecified atom stereocenters. The number of halogens is 1. The van der Waals surface area contributed by atoms with E-state index in [1.807, 2.05) is 17.0 Å². The van der Waals surface area contributed by atoms with Gasteiger partial charge in [0, 0.05) is 36.2 Å². The Labute approximate surface area is 166 Å². The molecule has 1 atom stereocenters. The van der Waals surface area contributed by atoms with Crippen LogP contribution in [0.25, 0.3) is 0 Å². The number of ketones is 1. The Morgan fingerprint density at radius 2 is 1.85 bits per heavy atom. The summed E-state index contributed by atoms with van der Waals surface area (Å²) in [6, 6.07) is 8.06. The van der Waals surface area contributed by atoms with E-state index in [1.54, 1.807) is 11.8 Å². The van der Waals surface area contributed by atoms with Gasteiger partial charge in [0.05, 0.1) is 6.04 Å². The van der Waals surface area contributed by atoms with Crippen molar-refractivity contribution in [2.24, 2.45) is 11.8 Å². The summed E-state index contributed by atoms with van der Waals surface area (Å²) in [7, 11) is 0. The molecule has 0 bridgehead atoms. The van der Waals surface area contributed by atoms with Crippen LogP contribution in [0.1, 0.15) is 42.6 Å². The highest BCUT2D eigenvalue weighted by Gasteiger charge is 2.32. The van der Waals surface area contributed by atoms with Crippen molar-refractivity contribution in [2.75, 3.05) is 24.7 Å². The fourth-order valence-corrected chi connectivity index (χ4v) is 4.58. The van der Waals surface area contributed by atoms with Crippen LogP contribution in [0.4, 0.5) is 0 Å². The van der Waals surface area contributed by atoms with Gasteiger partial charge < -0.3 is 4.90 Å². The predicted molar refractivity (Wildman–Crippen MR) is 110 cm³/mol. The van der Waals surface area contributed by atoms with Gasteiger partial charge in [0.15, 0.2) is 5.78 Å². The number of hydrogen-bond acceptors (Lipinski definition) is 4. The number of Topliss-reactive ketones (excluding diaryl/α,β-unsaturated/α-hetero) is 1. The third kappa shape index (κ3) is 5.24. The van der Waals surface area contributed by atoms with Crippen molar-refractivity contribution < 1.29 is 9.59 Å². The summed E-state index contributed by atoms with van der Waals surface area (Å²) >= 11 is 1.77. The van der Waals surface area contributed by atoms with Gasteiger partial charge in [0.1, 0.15) is 0 Å². The van der Waals surface area contributed by atoms with Crippen LogP contribution in [0.3, 0.4) is 0 Å². The van der Waals surface area contributed by atoms with E-state index in [4.69, 9.17) is 0 Å². The topological polar surface area (TPSA) is 49.4 Å². The molecule has 0 radical (unpaired) electrons. The Hall–Kier alpha value is -1.04. The summed E-state index contributed by atoms with van der Waals surface area (Å²) in [5, 5.41) is 3.24. The number of carbonyl (C=O) groups is 2. The number of piperidine rings is 1. The molecule has 2 aliphatic heterocycles. The Balaban J connectivity index is 0.00000243. The molecule has 2 aliphatic rings. The molecule has 0 aromatic heterocycles. The Morgan fingerprint density at radius 3 is 2.38 bits per heavy atom. The number of hydrogen-bond donors (Lipinski definition) is 1. The average Bonchev–Trinajstić information content (AvgIpc) is 3.15. The maximum Gasteiger partial charge on any atom is 0.240 e. The number of rotatable bonds is 5. The summed E-state index contributed by atoms with van der Waals surface area (Å²) in [4.78, 5) is 27.1. The number of thioether (sulfide) groups is 1. The van der Waals surface area contributed by atoms with Gasteiger partial charge in [-0.15, -0.1) is 24.2 Å². The molecule has 3 rings (SSSR count). The fourth-order valence-electron chi connectivity index (χ4n) is 3.65. The zero-order chi connectivity index (χ0) is 17.8. The van der Waals surface area contributed by atoms with Crippen LogP contribution in [0.2, 0.25) is 0 Å². The highest BCUT2D eigenvalue weighted by atomic mass is 35.5. The summed E-state index contributed by atoms with van der Waals surface area (Å²) in [6.45, 7) is 5.80. The number of carbonyl (C=O) groups excluding carboxylic acids is 2. The van der Waals surface area contributed by atoms with Crippen molar-refractivity contribution in [1.82, 2.24) is 10.2 Å². The van der Waals surface area contributed by atoms with Crippen LogP contribution >= 0.6 is 24.2 Å². The molecular formula is C20H29ClN2O2S. The number of amides is 1. The van der Waals surface area contributed by atoms with Gasteiger partial charge in [-0.25, -0.2) is 0 Å². The van der Waals surface area contributed by atoms with E-state index in [1.165, 1.54) is 5.56 Å². The van der Waals surface area contributed by atoms with Gasteiger partial charge >= 0.3 is 0 Å². The maximum absolute atomic E-state index is 12.7. The third-order valence-corrected chi connectivity index (χ3v) is 6.01. The summed E-state index contributed by atoms with van der Waals surface area (Å²) in [5.41, 5.74) is 2.10. The van der Waals surface area contributed by atoms with Gasteiger partial charge in [0.2, 0.25) is 5.91 Å². The fraction of sp³-hybridized carbons (Fsp3) is 0.600. The van der Waals surface area contributed by atoms with Crippen molar-refractivity contribution >= 4 is 35.9 Å². The molecular weight excluding hydrogens is 368 g/mol. The summed E-state index contributed by atoms with van der Waals surface area (Å²) in [6.07, 6.45) is 2.60. The second-order valence-electron chi connectivity index (χ2n) is 7.53. The van der Waals surface area contributed by atoms with E-state index in [9.17, 15) is 9.59 Å². The molecule has 1 N–H and O–H groups in total. The molecule has 6 heteroatoms. The molecule has 0 spiro atoms. The lowest BCUT2D eigenvalue weighted by Crippen LogP contribution is -2.48. The van der Waals surface area contributed by atoms with E-state index >= 15 is 0 Å². The lowest BCUT2D eigenvalue weighted by atomic mass is 9.88.